The number of ether oxygens (including phenoxy) is 1. The molecule has 0 atom stereocenters. The van der Waals surface area contributed by atoms with Gasteiger partial charge in [-0.1, -0.05) is 41.9 Å². The first kappa shape index (κ1) is 23.2. The van der Waals surface area contributed by atoms with Gasteiger partial charge in [-0.2, -0.15) is 0 Å². The third-order valence-corrected chi connectivity index (χ3v) is 6.53. The van der Waals surface area contributed by atoms with E-state index in [9.17, 15) is 23.3 Å². The van der Waals surface area contributed by atoms with Crippen molar-refractivity contribution in [3.05, 3.63) is 110 Å². The number of allylic oxidation sites excluding steroid dienone is 1. The third kappa shape index (κ3) is 5.40. The molecule has 0 radical (unpaired) electrons. The van der Waals surface area contributed by atoms with Crippen LogP contribution < -0.4 is 4.74 Å². The minimum absolute atomic E-state index is 0.0106. The Kier molecular flexibility index (Phi) is 7.07. The molecule has 32 heavy (non-hydrogen) atoms. The fourth-order valence-corrected chi connectivity index (χ4v) is 4.60. The van der Waals surface area contributed by atoms with E-state index in [4.69, 9.17) is 16.3 Å². The largest absolute Gasteiger partial charge is 0.496 e. The highest BCUT2D eigenvalue weighted by molar-refractivity contribution is 7.95. The van der Waals surface area contributed by atoms with Gasteiger partial charge in [0.1, 0.15) is 10.7 Å². The van der Waals surface area contributed by atoms with Crippen LogP contribution in [0, 0.1) is 10.1 Å². The van der Waals surface area contributed by atoms with Gasteiger partial charge < -0.3 is 4.74 Å². The summed E-state index contributed by atoms with van der Waals surface area (Å²) >= 11 is 5.87. The summed E-state index contributed by atoms with van der Waals surface area (Å²) in [6, 6.07) is 17.7. The molecular formula is C23H18ClNO6S. The van der Waals surface area contributed by atoms with Crippen LogP contribution in [0.3, 0.4) is 0 Å². The molecule has 0 aliphatic heterocycles. The fourth-order valence-electron chi connectivity index (χ4n) is 2.98. The molecule has 0 amide bonds. The highest BCUT2D eigenvalue weighted by atomic mass is 35.5. The molecule has 3 rings (SSSR count). The topological polar surface area (TPSA) is 104 Å². The van der Waals surface area contributed by atoms with Gasteiger partial charge in [-0.25, -0.2) is 8.42 Å². The van der Waals surface area contributed by atoms with Gasteiger partial charge in [-0.3, -0.25) is 14.9 Å². The Hall–Kier alpha value is -3.49. The molecule has 164 valence electrons. The van der Waals surface area contributed by atoms with Gasteiger partial charge in [0.15, 0.2) is 9.84 Å². The molecule has 0 heterocycles. The maximum Gasteiger partial charge on any atom is 0.269 e. The number of ketones is 1. The van der Waals surface area contributed by atoms with Crippen molar-refractivity contribution in [3.63, 3.8) is 0 Å². The van der Waals surface area contributed by atoms with Crippen LogP contribution in [0.2, 0.25) is 5.02 Å². The molecule has 0 spiro atoms. The zero-order chi connectivity index (χ0) is 23.3. The van der Waals surface area contributed by atoms with E-state index < -0.39 is 31.2 Å². The first-order chi connectivity index (χ1) is 15.2. The van der Waals surface area contributed by atoms with E-state index in [1.807, 2.05) is 0 Å². The highest BCUT2D eigenvalue weighted by Crippen LogP contribution is 2.27. The number of nitrogens with zero attached hydrogens (tertiary/aromatic N) is 1. The molecule has 0 aliphatic rings. The van der Waals surface area contributed by atoms with E-state index in [1.165, 1.54) is 25.3 Å². The van der Waals surface area contributed by atoms with Crippen LogP contribution in [0.4, 0.5) is 5.69 Å². The molecule has 0 aliphatic carbocycles. The van der Waals surface area contributed by atoms with Crippen molar-refractivity contribution < 1.29 is 22.9 Å². The van der Waals surface area contributed by atoms with Crippen molar-refractivity contribution in [3.8, 4) is 5.75 Å². The summed E-state index contributed by atoms with van der Waals surface area (Å²) in [5, 5.41) is 11.4. The average Bonchev–Trinajstić information content (AvgIpc) is 2.78. The molecule has 7 nitrogen and oxygen atoms in total. The highest BCUT2D eigenvalue weighted by Gasteiger charge is 2.27. The van der Waals surface area contributed by atoms with Crippen LogP contribution >= 0.6 is 11.6 Å². The average molecular weight is 472 g/mol. The van der Waals surface area contributed by atoms with Gasteiger partial charge >= 0.3 is 0 Å². The molecule has 3 aromatic carbocycles. The van der Waals surface area contributed by atoms with Crippen molar-refractivity contribution in [2.75, 3.05) is 7.11 Å². The quantitative estimate of drug-likeness (QED) is 0.196. The van der Waals surface area contributed by atoms with Crippen molar-refractivity contribution in [2.24, 2.45) is 0 Å². The molecule has 0 unspecified atom stereocenters. The number of halogens is 1. The molecule has 3 aromatic rings. The van der Waals surface area contributed by atoms with Crippen LogP contribution in [0.5, 0.6) is 5.75 Å². The second kappa shape index (κ2) is 9.76. The summed E-state index contributed by atoms with van der Waals surface area (Å²) in [5.74, 6) is -0.813. The van der Waals surface area contributed by atoms with Crippen LogP contribution in [0.1, 0.15) is 21.5 Å². The number of nitro benzene ring substituents is 1. The van der Waals surface area contributed by atoms with Crippen molar-refractivity contribution >= 4 is 39.0 Å². The molecule has 0 fully saturated rings. The number of non-ortho nitro benzene ring substituents is 1. The lowest BCUT2D eigenvalue weighted by Crippen LogP contribution is -2.16. The first-order valence-electron chi connectivity index (χ1n) is 9.32. The lowest BCUT2D eigenvalue weighted by molar-refractivity contribution is -0.384. The number of carbonyl (C=O) groups excluding carboxylic acids is 1. The van der Waals surface area contributed by atoms with Gasteiger partial charge in [0.25, 0.3) is 5.69 Å². The van der Waals surface area contributed by atoms with Gasteiger partial charge in [0.05, 0.1) is 17.8 Å². The van der Waals surface area contributed by atoms with Gasteiger partial charge in [-0.15, -0.1) is 0 Å². The lowest BCUT2D eigenvalue weighted by Gasteiger charge is -2.11. The predicted octanol–water partition coefficient (Wildman–Crippen LogP) is 5.10. The molecule has 0 aromatic heterocycles. The van der Waals surface area contributed by atoms with E-state index in [1.54, 1.807) is 48.5 Å². The maximum absolute atomic E-state index is 13.3. The minimum atomic E-state index is -4.11. The Morgan fingerprint density at radius 1 is 1.03 bits per heavy atom. The summed E-state index contributed by atoms with van der Waals surface area (Å²) < 4.78 is 31.9. The molecule has 9 heteroatoms. The normalized spacial score (nSPS) is 11.8. The summed E-state index contributed by atoms with van der Waals surface area (Å²) in [6.45, 7) is 0. The number of carbonyl (C=O) groups is 1. The van der Waals surface area contributed by atoms with E-state index in [0.717, 1.165) is 12.1 Å². The number of benzene rings is 3. The first-order valence-corrected chi connectivity index (χ1v) is 11.4. The van der Waals surface area contributed by atoms with E-state index >= 15 is 0 Å². The summed E-state index contributed by atoms with van der Waals surface area (Å²) in [4.78, 5) is 23.1. The van der Waals surface area contributed by atoms with Crippen molar-refractivity contribution in [1.29, 1.82) is 0 Å². The molecule has 0 bridgehead atoms. The number of Topliss-reactive ketones (excluding diaryl/α,β-unsaturated/α-hetero) is 1. The second-order valence-corrected chi connectivity index (χ2v) is 9.16. The van der Waals surface area contributed by atoms with E-state index in [-0.39, 0.29) is 11.3 Å². The second-order valence-electron chi connectivity index (χ2n) is 6.77. The van der Waals surface area contributed by atoms with Crippen molar-refractivity contribution in [1.82, 2.24) is 0 Å². The fraction of sp³-hybridized carbons (Fsp3) is 0.0870. The van der Waals surface area contributed by atoms with Gasteiger partial charge in [-0.05, 0) is 42.0 Å². The number of nitro groups is 1. The van der Waals surface area contributed by atoms with E-state index in [2.05, 4.69) is 0 Å². The maximum atomic E-state index is 13.3. The number of hydrogen-bond donors (Lipinski definition) is 0. The van der Waals surface area contributed by atoms with Gasteiger partial charge in [0, 0.05) is 28.3 Å². The molecular weight excluding hydrogens is 454 g/mol. The van der Waals surface area contributed by atoms with Crippen LogP contribution in [0.15, 0.2) is 77.7 Å². The Balaban J connectivity index is 2.10. The summed E-state index contributed by atoms with van der Waals surface area (Å²) in [7, 11) is -2.67. The van der Waals surface area contributed by atoms with Crippen LogP contribution in [-0.2, 0) is 15.6 Å². The lowest BCUT2D eigenvalue weighted by atomic mass is 10.1. The van der Waals surface area contributed by atoms with Crippen molar-refractivity contribution in [2.45, 2.75) is 5.75 Å². The number of sulfone groups is 1. The number of hydrogen-bond acceptors (Lipinski definition) is 6. The van der Waals surface area contributed by atoms with Gasteiger partial charge in [0.2, 0.25) is 5.78 Å². The molecule has 0 saturated heterocycles. The number of methoxy groups -OCH3 is 1. The minimum Gasteiger partial charge on any atom is -0.496 e. The zero-order valence-electron chi connectivity index (χ0n) is 16.9. The Morgan fingerprint density at radius 3 is 2.25 bits per heavy atom. The smallest absolute Gasteiger partial charge is 0.269 e. The molecule has 0 saturated carbocycles. The number of rotatable bonds is 8. The Labute approximate surface area is 190 Å². The Morgan fingerprint density at radius 2 is 1.66 bits per heavy atom. The summed E-state index contributed by atoms with van der Waals surface area (Å²) in [6.07, 6.45) is 1.26. The third-order valence-electron chi connectivity index (χ3n) is 4.59. The zero-order valence-corrected chi connectivity index (χ0v) is 18.5. The van der Waals surface area contributed by atoms with Crippen LogP contribution in [0.25, 0.3) is 6.08 Å². The SMILES string of the molecule is COc1ccccc1C=C(C(=O)c1ccc([N+](=O)[O-])cc1)S(=O)(=O)Cc1ccc(Cl)cc1. The van der Waals surface area contributed by atoms with Crippen LogP contribution in [-0.4, -0.2) is 26.2 Å². The predicted molar refractivity (Wildman–Crippen MR) is 122 cm³/mol. The Bertz CT molecular complexity index is 1280. The summed E-state index contributed by atoms with van der Waals surface area (Å²) in [5.41, 5.74) is 0.661. The standard InChI is InChI=1S/C23H18ClNO6S/c1-31-21-5-3-2-4-18(21)14-22(23(26)17-8-12-20(13-9-17)25(27)28)32(29,30)15-16-6-10-19(24)11-7-16/h2-14H,15H2,1H3. The monoisotopic (exact) mass is 471 g/mol. The number of para-hydroxylation sites is 1. The van der Waals surface area contributed by atoms with E-state index in [0.29, 0.717) is 21.9 Å². The molecule has 0 N–H and O–H groups in total.